The summed E-state index contributed by atoms with van der Waals surface area (Å²) in [6.45, 7) is 0.383. The molecule has 1 aliphatic rings. The van der Waals surface area contributed by atoms with E-state index in [1.807, 2.05) is 66.7 Å². The van der Waals surface area contributed by atoms with Crippen LogP contribution in [-0.4, -0.2) is 23.6 Å². The van der Waals surface area contributed by atoms with Gasteiger partial charge in [-0.1, -0.05) is 84.0 Å². The SMILES string of the molecule is N#C/C(C(=O)NCCc1ccccc1)=C1/SC(Cc2ccccc2)C(=O)N1c1ccc(Cl)cc1. The lowest BCUT2D eigenvalue weighted by Gasteiger charge is -2.19. The largest absolute Gasteiger partial charge is 0.351 e. The van der Waals surface area contributed by atoms with Crippen LogP contribution in [0.4, 0.5) is 5.69 Å². The summed E-state index contributed by atoms with van der Waals surface area (Å²) in [4.78, 5) is 27.9. The zero-order chi connectivity index (χ0) is 23.9. The van der Waals surface area contributed by atoms with Crippen LogP contribution in [0.3, 0.4) is 0 Å². The van der Waals surface area contributed by atoms with Gasteiger partial charge in [-0.05, 0) is 48.2 Å². The fraction of sp³-hybridized carbons (Fsp3) is 0.148. The molecule has 1 aliphatic heterocycles. The molecule has 0 bridgehead atoms. The molecule has 1 fully saturated rings. The number of nitriles is 1. The molecule has 1 unspecified atom stereocenters. The van der Waals surface area contributed by atoms with Crippen molar-refractivity contribution in [2.24, 2.45) is 0 Å². The van der Waals surface area contributed by atoms with E-state index < -0.39 is 11.2 Å². The average Bonchev–Trinajstić information content (AvgIpc) is 3.17. The number of carbonyl (C=O) groups excluding carboxylic acids is 2. The predicted molar refractivity (Wildman–Crippen MR) is 136 cm³/mol. The number of anilines is 1. The van der Waals surface area contributed by atoms with E-state index in [1.165, 1.54) is 16.7 Å². The first kappa shape index (κ1) is 23.6. The number of hydrogen-bond acceptors (Lipinski definition) is 4. The van der Waals surface area contributed by atoms with E-state index in [2.05, 4.69) is 5.32 Å². The van der Waals surface area contributed by atoms with Crippen molar-refractivity contribution in [3.8, 4) is 6.07 Å². The summed E-state index contributed by atoms with van der Waals surface area (Å²) < 4.78 is 0. The van der Waals surface area contributed by atoms with Crippen LogP contribution in [0.1, 0.15) is 11.1 Å². The standard InChI is InChI=1S/C27H22ClN3O2S/c28-21-11-13-22(14-12-21)31-26(33)24(17-20-9-5-2-6-10-20)34-27(31)23(18-29)25(32)30-16-15-19-7-3-1-4-8-19/h1-14,24H,15-17H2,(H,30,32)/b27-23-. The van der Waals surface area contributed by atoms with Gasteiger partial charge in [0.05, 0.1) is 5.25 Å². The van der Waals surface area contributed by atoms with Crippen LogP contribution >= 0.6 is 23.4 Å². The minimum Gasteiger partial charge on any atom is -0.351 e. The van der Waals surface area contributed by atoms with Gasteiger partial charge in [-0.2, -0.15) is 5.26 Å². The van der Waals surface area contributed by atoms with Gasteiger partial charge >= 0.3 is 0 Å². The van der Waals surface area contributed by atoms with E-state index in [4.69, 9.17) is 11.6 Å². The van der Waals surface area contributed by atoms with E-state index >= 15 is 0 Å². The molecular weight excluding hydrogens is 466 g/mol. The third-order valence-corrected chi connectivity index (χ3v) is 6.91. The van der Waals surface area contributed by atoms with E-state index in [0.29, 0.717) is 35.1 Å². The highest BCUT2D eigenvalue weighted by molar-refractivity contribution is 8.05. The van der Waals surface area contributed by atoms with Crippen molar-refractivity contribution < 1.29 is 9.59 Å². The van der Waals surface area contributed by atoms with Crippen LogP contribution in [-0.2, 0) is 22.4 Å². The average molecular weight is 488 g/mol. The van der Waals surface area contributed by atoms with Crippen molar-refractivity contribution in [1.29, 1.82) is 5.26 Å². The summed E-state index contributed by atoms with van der Waals surface area (Å²) in [7, 11) is 0. The number of rotatable bonds is 7. The molecule has 0 aromatic heterocycles. The number of benzene rings is 3. The lowest BCUT2D eigenvalue weighted by Crippen LogP contribution is -2.32. The maximum absolute atomic E-state index is 13.4. The second kappa shape index (κ2) is 11.1. The molecule has 3 aromatic rings. The summed E-state index contributed by atoms with van der Waals surface area (Å²) in [5.74, 6) is -0.663. The van der Waals surface area contributed by atoms with Gasteiger partial charge in [0.25, 0.3) is 5.91 Å². The smallest absolute Gasteiger partial charge is 0.264 e. The Morgan fingerprint density at radius 1 is 0.971 bits per heavy atom. The van der Waals surface area contributed by atoms with Crippen LogP contribution < -0.4 is 10.2 Å². The van der Waals surface area contributed by atoms with Crippen LogP contribution in [0, 0.1) is 11.3 Å². The van der Waals surface area contributed by atoms with E-state index in [9.17, 15) is 14.9 Å². The minimum atomic E-state index is -0.493. The number of nitrogens with one attached hydrogen (secondary N) is 1. The van der Waals surface area contributed by atoms with E-state index in [-0.39, 0.29) is 11.5 Å². The number of amides is 2. The second-order valence-corrected chi connectivity index (χ2v) is 9.36. The van der Waals surface area contributed by atoms with Crippen molar-refractivity contribution in [2.45, 2.75) is 18.1 Å². The molecule has 7 heteroatoms. The molecule has 34 heavy (non-hydrogen) atoms. The molecule has 5 nitrogen and oxygen atoms in total. The Balaban J connectivity index is 1.61. The molecule has 170 valence electrons. The van der Waals surface area contributed by atoms with Gasteiger partial charge in [-0.3, -0.25) is 14.5 Å². The molecule has 4 rings (SSSR count). The summed E-state index contributed by atoms with van der Waals surface area (Å²) in [6.07, 6.45) is 1.14. The summed E-state index contributed by atoms with van der Waals surface area (Å²) >= 11 is 7.29. The highest BCUT2D eigenvalue weighted by Crippen LogP contribution is 2.42. The summed E-state index contributed by atoms with van der Waals surface area (Å²) in [6, 6.07) is 28.3. The van der Waals surface area contributed by atoms with Gasteiger partial charge in [0, 0.05) is 17.3 Å². The van der Waals surface area contributed by atoms with Crippen LogP contribution in [0.15, 0.2) is 95.5 Å². The third-order valence-electron chi connectivity index (χ3n) is 5.40. The number of nitrogens with zero attached hydrogens (tertiary/aromatic N) is 2. The number of halogens is 1. The second-order valence-electron chi connectivity index (χ2n) is 7.73. The van der Waals surface area contributed by atoms with Gasteiger partial charge in [0.15, 0.2) is 0 Å². The normalized spacial score (nSPS) is 16.8. The molecular formula is C27H22ClN3O2S. The Bertz CT molecular complexity index is 1240. The van der Waals surface area contributed by atoms with Gasteiger partial charge in [-0.15, -0.1) is 0 Å². The Labute approximate surface area is 208 Å². The van der Waals surface area contributed by atoms with Crippen LogP contribution in [0.2, 0.25) is 5.02 Å². The lowest BCUT2D eigenvalue weighted by molar-refractivity contribution is -0.117. The number of thioether (sulfide) groups is 1. The third kappa shape index (κ3) is 5.51. The zero-order valence-corrected chi connectivity index (χ0v) is 19.9. The van der Waals surface area contributed by atoms with Crippen molar-refractivity contribution in [3.63, 3.8) is 0 Å². The number of carbonyl (C=O) groups is 2. The summed E-state index contributed by atoms with van der Waals surface area (Å²) in [5, 5.41) is 13.2. The quantitative estimate of drug-likeness (QED) is 0.370. The van der Waals surface area contributed by atoms with E-state index in [1.54, 1.807) is 24.3 Å². The first-order valence-electron chi connectivity index (χ1n) is 10.8. The minimum absolute atomic E-state index is 0.0723. The summed E-state index contributed by atoms with van der Waals surface area (Å²) in [5.41, 5.74) is 2.59. The molecule has 0 aliphatic carbocycles. The molecule has 1 saturated heterocycles. The first-order chi connectivity index (χ1) is 16.6. The highest BCUT2D eigenvalue weighted by atomic mass is 35.5. The van der Waals surface area contributed by atoms with Crippen molar-refractivity contribution in [3.05, 3.63) is 112 Å². The van der Waals surface area contributed by atoms with Gasteiger partial charge in [0.2, 0.25) is 5.91 Å². The van der Waals surface area contributed by atoms with Gasteiger partial charge in [0.1, 0.15) is 16.7 Å². The van der Waals surface area contributed by atoms with Gasteiger partial charge < -0.3 is 5.32 Å². The molecule has 0 radical (unpaired) electrons. The molecule has 3 aromatic carbocycles. The van der Waals surface area contributed by atoms with Crippen LogP contribution in [0.5, 0.6) is 0 Å². The Hall–Kier alpha value is -3.53. The topological polar surface area (TPSA) is 73.2 Å². The van der Waals surface area contributed by atoms with Crippen LogP contribution in [0.25, 0.3) is 0 Å². The van der Waals surface area contributed by atoms with Crippen molar-refractivity contribution in [1.82, 2.24) is 5.32 Å². The molecule has 1 atom stereocenters. The maximum atomic E-state index is 13.4. The van der Waals surface area contributed by atoms with Gasteiger partial charge in [-0.25, -0.2) is 0 Å². The zero-order valence-electron chi connectivity index (χ0n) is 18.3. The van der Waals surface area contributed by atoms with Crippen molar-refractivity contribution >= 4 is 40.9 Å². The monoisotopic (exact) mass is 487 g/mol. The maximum Gasteiger partial charge on any atom is 0.264 e. The fourth-order valence-electron chi connectivity index (χ4n) is 3.69. The number of hydrogen-bond donors (Lipinski definition) is 1. The lowest BCUT2D eigenvalue weighted by atomic mass is 10.1. The Kier molecular flexibility index (Phi) is 7.69. The molecule has 2 amide bonds. The Morgan fingerprint density at radius 3 is 2.21 bits per heavy atom. The molecule has 0 saturated carbocycles. The van der Waals surface area contributed by atoms with E-state index in [0.717, 1.165) is 11.1 Å². The Morgan fingerprint density at radius 2 is 1.59 bits per heavy atom. The molecule has 1 heterocycles. The fourth-order valence-corrected chi connectivity index (χ4v) is 5.13. The van der Waals surface area contributed by atoms with Crippen molar-refractivity contribution in [2.75, 3.05) is 11.4 Å². The first-order valence-corrected chi connectivity index (χ1v) is 12.1. The predicted octanol–water partition coefficient (Wildman–Crippen LogP) is 5.13. The molecule has 1 N–H and O–H groups in total. The highest BCUT2D eigenvalue weighted by Gasteiger charge is 2.40. The molecule has 0 spiro atoms.